The molecule has 27 heavy (non-hydrogen) atoms. The molecule has 2 N–H and O–H groups in total. The fraction of sp³-hybridized carbons (Fsp3) is 0.556. The molecule has 1 aromatic carbocycles. The van der Waals surface area contributed by atoms with Crippen molar-refractivity contribution in [2.24, 2.45) is 0 Å². The van der Waals surface area contributed by atoms with E-state index in [0.29, 0.717) is 13.0 Å². The van der Waals surface area contributed by atoms with E-state index in [9.17, 15) is 22.4 Å². The number of carbonyl (C=O) groups excluding carboxylic acids is 2. The molecular formula is C18H28FN3O4S. The van der Waals surface area contributed by atoms with Gasteiger partial charge in [0.1, 0.15) is 5.82 Å². The maximum absolute atomic E-state index is 14.2. The topological polar surface area (TPSA) is 95.6 Å². The lowest BCUT2D eigenvalue weighted by molar-refractivity contribution is -0.121. The summed E-state index contributed by atoms with van der Waals surface area (Å²) in [5, 5.41) is 2.67. The van der Waals surface area contributed by atoms with Crippen molar-refractivity contribution >= 4 is 21.8 Å². The number of nitrogens with zero attached hydrogens (tertiary/aromatic N) is 1. The second kappa shape index (κ2) is 10.4. The van der Waals surface area contributed by atoms with Gasteiger partial charge in [-0.25, -0.2) is 17.5 Å². The van der Waals surface area contributed by atoms with Gasteiger partial charge in [0.05, 0.1) is 17.0 Å². The van der Waals surface area contributed by atoms with Crippen molar-refractivity contribution in [1.82, 2.24) is 14.9 Å². The summed E-state index contributed by atoms with van der Waals surface area (Å²) in [5.41, 5.74) is -0.377. The minimum atomic E-state index is -3.87. The van der Waals surface area contributed by atoms with E-state index < -0.39 is 21.7 Å². The van der Waals surface area contributed by atoms with Gasteiger partial charge in [-0.2, -0.15) is 0 Å². The summed E-state index contributed by atoms with van der Waals surface area (Å²) in [6.07, 6.45) is 1.33. The van der Waals surface area contributed by atoms with Gasteiger partial charge in [-0.3, -0.25) is 9.59 Å². The minimum absolute atomic E-state index is 0.201. The van der Waals surface area contributed by atoms with Crippen molar-refractivity contribution in [3.8, 4) is 0 Å². The van der Waals surface area contributed by atoms with Crippen LogP contribution >= 0.6 is 0 Å². The molecule has 2 amide bonds. The quantitative estimate of drug-likeness (QED) is 0.626. The molecule has 0 saturated heterocycles. The van der Waals surface area contributed by atoms with Gasteiger partial charge in [0.2, 0.25) is 15.9 Å². The maximum Gasteiger partial charge on any atom is 0.257 e. The molecule has 0 atom stereocenters. The van der Waals surface area contributed by atoms with E-state index in [4.69, 9.17) is 0 Å². The summed E-state index contributed by atoms with van der Waals surface area (Å²) < 4.78 is 41.2. The van der Waals surface area contributed by atoms with E-state index in [1.807, 2.05) is 13.8 Å². The molecule has 0 spiro atoms. The van der Waals surface area contributed by atoms with Gasteiger partial charge in [0.25, 0.3) is 5.91 Å². The lowest BCUT2D eigenvalue weighted by Gasteiger charge is -2.22. The van der Waals surface area contributed by atoms with Crippen LogP contribution in [0.25, 0.3) is 0 Å². The summed E-state index contributed by atoms with van der Waals surface area (Å²) in [6.45, 7) is 7.56. The van der Waals surface area contributed by atoms with Crippen LogP contribution in [-0.4, -0.2) is 50.8 Å². The van der Waals surface area contributed by atoms with Crippen molar-refractivity contribution in [2.75, 3.05) is 19.6 Å². The molecule has 0 aromatic heterocycles. The van der Waals surface area contributed by atoms with Crippen LogP contribution in [0.5, 0.6) is 0 Å². The Morgan fingerprint density at radius 1 is 1.19 bits per heavy atom. The first-order valence-corrected chi connectivity index (χ1v) is 10.5. The van der Waals surface area contributed by atoms with Gasteiger partial charge in [-0.1, -0.05) is 13.8 Å². The van der Waals surface area contributed by atoms with Gasteiger partial charge in [0, 0.05) is 19.1 Å². The molecule has 0 radical (unpaired) electrons. The first-order valence-electron chi connectivity index (χ1n) is 9.00. The number of hydrogen-bond acceptors (Lipinski definition) is 4. The molecule has 0 aliphatic heterocycles. The smallest absolute Gasteiger partial charge is 0.257 e. The van der Waals surface area contributed by atoms with Crippen LogP contribution in [0.2, 0.25) is 0 Å². The molecule has 1 aromatic rings. The molecule has 0 bridgehead atoms. The zero-order valence-corrected chi connectivity index (χ0v) is 17.0. The molecular weight excluding hydrogens is 373 g/mol. The molecule has 0 unspecified atom stereocenters. The number of benzene rings is 1. The number of halogens is 1. The summed E-state index contributed by atoms with van der Waals surface area (Å²) >= 11 is 0. The number of sulfonamides is 1. The van der Waals surface area contributed by atoms with Crippen molar-refractivity contribution in [3.63, 3.8) is 0 Å². The first-order chi connectivity index (χ1) is 12.6. The van der Waals surface area contributed by atoms with E-state index in [2.05, 4.69) is 10.0 Å². The molecule has 152 valence electrons. The Morgan fingerprint density at radius 2 is 1.85 bits per heavy atom. The zero-order valence-electron chi connectivity index (χ0n) is 16.2. The fourth-order valence-corrected chi connectivity index (χ4v) is 3.68. The van der Waals surface area contributed by atoms with E-state index in [0.717, 1.165) is 24.6 Å². The lowest BCUT2D eigenvalue weighted by atomic mass is 10.1. The Kier molecular flexibility index (Phi) is 8.84. The molecule has 0 fully saturated rings. The summed E-state index contributed by atoms with van der Waals surface area (Å²) in [6, 6.07) is 2.71. The van der Waals surface area contributed by atoms with Crippen molar-refractivity contribution in [1.29, 1.82) is 0 Å². The van der Waals surface area contributed by atoms with Crippen molar-refractivity contribution in [3.05, 3.63) is 29.6 Å². The molecule has 0 saturated carbocycles. The normalized spacial score (nSPS) is 11.5. The minimum Gasteiger partial charge on any atom is -0.355 e. The van der Waals surface area contributed by atoms with Gasteiger partial charge < -0.3 is 10.2 Å². The molecule has 0 aliphatic rings. The average molecular weight is 402 g/mol. The summed E-state index contributed by atoms with van der Waals surface area (Å²) in [5.74, 6) is -1.90. The van der Waals surface area contributed by atoms with Crippen LogP contribution in [-0.2, 0) is 14.8 Å². The van der Waals surface area contributed by atoms with Gasteiger partial charge in [-0.15, -0.1) is 0 Å². The van der Waals surface area contributed by atoms with E-state index in [-0.39, 0.29) is 35.5 Å². The Morgan fingerprint density at radius 3 is 2.41 bits per heavy atom. The maximum atomic E-state index is 14.2. The average Bonchev–Trinajstić information content (AvgIpc) is 2.58. The van der Waals surface area contributed by atoms with Gasteiger partial charge in [-0.05, 0) is 44.9 Å². The second-order valence-electron chi connectivity index (χ2n) is 6.49. The lowest BCUT2D eigenvalue weighted by Crippen LogP contribution is -2.41. The van der Waals surface area contributed by atoms with Crippen LogP contribution in [0.1, 0.15) is 50.9 Å². The molecule has 0 heterocycles. The first kappa shape index (κ1) is 23.0. The third kappa shape index (κ3) is 6.91. The standard InChI is InChI=1S/C18H28FN3O4S/c1-5-9-20-17(23)12-22(10-6-2)18(24)15-11-14(7-8-16(15)19)27(25,26)21-13(3)4/h7-8,11,13,21H,5-6,9-10,12H2,1-4H3,(H,20,23). The molecule has 9 heteroatoms. The fourth-order valence-electron chi connectivity index (χ4n) is 2.40. The van der Waals surface area contributed by atoms with Crippen LogP contribution in [0.3, 0.4) is 0 Å². The Hall–Kier alpha value is -2.00. The third-order valence-corrected chi connectivity index (χ3v) is 5.21. The zero-order chi connectivity index (χ0) is 20.6. The van der Waals surface area contributed by atoms with Crippen LogP contribution in [0.4, 0.5) is 4.39 Å². The highest BCUT2D eigenvalue weighted by atomic mass is 32.2. The van der Waals surface area contributed by atoms with Crippen LogP contribution in [0.15, 0.2) is 23.1 Å². The Labute approximate surface area is 160 Å². The third-order valence-electron chi connectivity index (χ3n) is 3.56. The summed E-state index contributed by atoms with van der Waals surface area (Å²) in [7, 11) is -3.87. The number of hydrogen-bond donors (Lipinski definition) is 2. The Bertz CT molecular complexity index is 766. The van der Waals surface area contributed by atoms with Crippen molar-refractivity contribution < 1.29 is 22.4 Å². The number of carbonyl (C=O) groups is 2. The number of amides is 2. The van der Waals surface area contributed by atoms with Gasteiger partial charge >= 0.3 is 0 Å². The number of nitrogens with one attached hydrogen (secondary N) is 2. The van der Waals surface area contributed by atoms with E-state index in [1.54, 1.807) is 13.8 Å². The molecule has 0 aliphatic carbocycles. The van der Waals surface area contributed by atoms with Crippen molar-refractivity contribution in [2.45, 2.75) is 51.5 Å². The predicted octanol–water partition coefficient (Wildman–Crippen LogP) is 1.89. The van der Waals surface area contributed by atoms with E-state index >= 15 is 0 Å². The highest BCUT2D eigenvalue weighted by Crippen LogP contribution is 2.17. The van der Waals surface area contributed by atoms with Gasteiger partial charge in [0.15, 0.2) is 0 Å². The number of rotatable bonds is 10. The SMILES string of the molecule is CCCNC(=O)CN(CCC)C(=O)c1cc(S(=O)(=O)NC(C)C)ccc1F. The second-order valence-corrected chi connectivity index (χ2v) is 8.21. The van der Waals surface area contributed by atoms with Crippen LogP contribution < -0.4 is 10.0 Å². The molecule has 7 nitrogen and oxygen atoms in total. The Balaban J connectivity index is 3.15. The van der Waals surface area contributed by atoms with E-state index in [1.165, 1.54) is 4.90 Å². The monoisotopic (exact) mass is 401 g/mol. The highest BCUT2D eigenvalue weighted by Gasteiger charge is 2.24. The highest BCUT2D eigenvalue weighted by molar-refractivity contribution is 7.89. The van der Waals surface area contributed by atoms with Crippen LogP contribution in [0, 0.1) is 5.82 Å². The largest absolute Gasteiger partial charge is 0.355 e. The predicted molar refractivity (Wildman–Crippen MR) is 101 cm³/mol. The summed E-state index contributed by atoms with van der Waals surface area (Å²) in [4.78, 5) is 25.7. The molecule has 1 rings (SSSR count).